The van der Waals surface area contributed by atoms with Gasteiger partial charge >= 0.3 is 0 Å². The highest BCUT2D eigenvalue weighted by atomic mass is 16.6. The van der Waals surface area contributed by atoms with Crippen molar-refractivity contribution in [2.75, 3.05) is 0 Å². The molecule has 2 aliphatic rings. The van der Waals surface area contributed by atoms with Crippen LogP contribution in [-0.4, -0.2) is 18.5 Å². The van der Waals surface area contributed by atoms with Crippen LogP contribution in [0.1, 0.15) is 32.1 Å². The van der Waals surface area contributed by atoms with E-state index in [2.05, 4.69) is 42.5 Å². The zero-order chi connectivity index (χ0) is 12.6. The van der Waals surface area contributed by atoms with E-state index in [1.165, 1.54) is 5.57 Å². The van der Waals surface area contributed by atoms with Crippen LogP contribution in [0.25, 0.3) is 0 Å². The highest BCUT2D eigenvalue weighted by Crippen LogP contribution is 2.28. The SMILES string of the molecule is O=CCCCC1OC1C=CC=C1C=CCC=CC1. The number of rotatable bonds is 6. The average molecular weight is 244 g/mol. The zero-order valence-electron chi connectivity index (χ0n) is 10.6. The number of hydrogen-bond acceptors (Lipinski definition) is 2. The maximum atomic E-state index is 10.2. The van der Waals surface area contributed by atoms with E-state index in [4.69, 9.17) is 4.74 Å². The third-order valence-corrected chi connectivity index (χ3v) is 3.17. The molecular formula is C16H20O2. The van der Waals surface area contributed by atoms with Gasteiger partial charge in [0.2, 0.25) is 0 Å². The lowest BCUT2D eigenvalue weighted by Gasteiger charge is -1.92. The van der Waals surface area contributed by atoms with E-state index in [-0.39, 0.29) is 6.10 Å². The molecule has 18 heavy (non-hydrogen) atoms. The van der Waals surface area contributed by atoms with Crippen LogP contribution in [0.15, 0.2) is 48.1 Å². The van der Waals surface area contributed by atoms with Gasteiger partial charge in [0.05, 0.1) is 6.10 Å². The predicted molar refractivity (Wildman–Crippen MR) is 73.3 cm³/mol. The van der Waals surface area contributed by atoms with Gasteiger partial charge in [-0.2, -0.15) is 0 Å². The molecule has 2 atom stereocenters. The van der Waals surface area contributed by atoms with Crippen LogP contribution >= 0.6 is 0 Å². The Balaban J connectivity index is 1.71. The minimum absolute atomic E-state index is 0.263. The maximum Gasteiger partial charge on any atom is 0.119 e. The number of ether oxygens (including phenoxy) is 1. The molecule has 0 spiro atoms. The summed E-state index contributed by atoms with van der Waals surface area (Å²) in [6.45, 7) is 0. The third kappa shape index (κ3) is 4.46. The third-order valence-electron chi connectivity index (χ3n) is 3.17. The monoisotopic (exact) mass is 244 g/mol. The second-order valence-corrected chi connectivity index (χ2v) is 4.68. The number of aldehydes is 1. The number of epoxide rings is 1. The summed E-state index contributed by atoms with van der Waals surface area (Å²) in [6.07, 6.45) is 21.3. The lowest BCUT2D eigenvalue weighted by molar-refractivity contribution is -0.107. The van der Waals surface area contributed by atoms with Crippen molar-refractivity contribution in [1.29, 1.82) is 0 Å². The summed E-state index contributed by atoms with van der Waals surface area (Å²) in [4.78, 5) is 10.2. The van der Waals surface area contributed by atoms with Crippen LogP contribution in [-0.2, 0) is 9.53 Å². The van der Waals surface area contributed by atoms with E-state index in [0.29, 0.717) is 12.5 Å². The first-order valence-electron chi connectivity index (χ1n) is 6.68. The van der Waals surface area contributed by atoms with Crippen molar-refractivity contribution in [2.45, 2.75) is 44.3 Å². The Kier molecular flexibility index (Phi) is 5.15. The molecule has 1 aliphatic heterocycles. The van der Waals surface area contributed by atoms with Crippen molar-refractivity contribution in [1.82, 2.24) is 0 Å². The molecule has 0 aromatic heterocycles. The maximum absolute atomic E-state index is 10.2. The van der Waals surface area contributed by atoms with E-state index in [1.54, 1.807) is 0 Å². The normalized spacial score (nSPS) is 28.8. The second kappa shape index (κ2) is 7.12. The Hall–Kier alpha value is -1.41. The molecule has 0 aromatic rings. The fourth-order valence-corrected chi connectivity index (χ4v) is 2.05. The summed E-state index contributed by atoms with van der Waals surface area (Å²) in [7, 11) is 0. The van der Waals surface area contributed by atoms with E-state index >= 15 is 0 Å². The van der Waals surface area contributed by atoms with Gasteiger partial charge in [0.1, 0.15) is 12.4 Å². The number of carbonyl (C=O) groups excluding carboxylic acids is 1. The molecule has 0 aromatic carbocycles. The lowest BCUT2D eigenvalue weighted by atomic mass is 10.1. The van der Waals surface area contributed by atoms with Crippen molar-refractivity contribution in [3.05, 3.63) is 48.1 Å². The van der Waals surface area contributed by atoms with Gasteiger partial charge in [0.25, 0.3) is 0 Å². The van der Waals surface area contributed by atoms with Gasteiger partial charge in [-0.15, -0.1) is 0 Å². The van der Waals surface area contributed by atoms with Crippen molar-refractivity contribution in [3.63, 3.8) is 0 Å². The molecule has 2 nitrogen and oxygen atoms in total. The van der Waals surface area contributed by atoms with E-state index in [1.807, 2.05) is 0 Å². The lowest BCUT2D eigenvalue weighted by Crippen LogP contribution is -1.90. The largest absolute Gasteiger partial charge is 0.365 e. The summed E-state index contributed by atoms with van der Waals surface area (Å²) < 4.78 is 5.51. The van der Waals surface area contributed by atoms with Crippen molar-refractivity contribution >= 4 is 6.29 Å². The van der Waals surface area contributed by atoms with Crippen molar-refractivity contribution in [2.24, 2.45) is 0 Å². The van der Waals surface area contributed by atoms with Crippen LogP contribution in [0.3, 0.4) is 0 Å². The average Bonchev–Trinajstić information content (AvgIpc) is 3.14. The van der Waals surface area contributed by atoms with Crippen molar-refractivity contribution in [3.8, 4) is 0 Å². The van der Waals surface area contributed by atoms with Gasteiger partial charge in [-0.25, -0.2) is 0 Å². The first-order chi connectivity index (χ1) is 8.90. The molecule has 0 saturated carbocycles. The molecule has 0 radical (unpaired) electrons. The molecule has 0 N–H and O–H groups in total. The van der Waals surface area contributed by atoms with Crippen LogP contribution in [0.5, 0.6) is 0 Å². The Morgan fingerprint density at radius 2 is 2.28 bits per heavy atom. The van der Waals surface area contributed by atoms with E-state index < -0.39 is 0 Å². The van der Waals surface area contributed by atoms with Gasteiger partial charge in [0.15, 0.2) is 0 Å². The molecule has 2 heteroatoms. The van der Waals surface area contributed by atoms with E-state index in [9.17, 15) is 4.79 Å². The molecule has 2 rings (SSSR count). The first kappa shape index (κ1) is 13.0. The molecule has 1 fully saturated rings. The Bertz CT molecular complexity index is 388. The highest BCUT2D eigenvalue weighted by Gasteiger charge is 2.35. The number of unbranched alkanes of at least 4 members (excludes halogenated alkanes) is 1. The molecule has 0 amide bonds. The Morgan fingerprint density at radius 3 is 3.17 bits per heavy atom. The van der Waals surface area contributed by atoms with Crippen LogP contribution < -0.4 is 0 Å². The molecule has 0 bridgehead atoms. The molecule has 1 heterocycles. The summed E-state index contributed by atoms with van der Waals surface area (Å²) in [5.74, 6) is 0. The molecular weight excluding hydrogens is 224 g/mol. The number of carbonyl (C=O) groups is 1. The fourth-order valence-electron chi connectivity index (χ4n) is 2.05. The number of hydrogen-bond donors (Lipinski definition) is 0. The van der Waals surface area contributed by atoms with Crippen LogP contribution in [0, 0.1) is 0 Å². The topological polar surface area (TPSA) is 29.6 Å². The fraction of sp³-hybridized carbons (Fsp3) is 0.438. The molecule has 2 unspecified atom stereocenters. The molecule has 1 saturated heterocycles. The minimum Gasteiger partial charge on any atom is -0.365 e. The van der Waals surface area contributed by atoms with Gasteiger partial charge in [-0.05, 0) is 31.3 Å². The Morgan fingerprint density at radius 1 is 1.33 bits per heavy atom. The molecule has 1 aliphatic carbocycles. The molecule has 96 valence electrons. The smallest absolute Gasteiger partial charge is 0.119 e. The Labute approximate surface area is 109 Å². The summed E-state index contributed by atoms with van der Waals surface area (Å²) in [5.41, 5.74) is 1.33. The minimum atomic E-state index is 0.263. The van der Waals surface area contributed by atoms with E-state index in [0.717, 1.165) is 32.0 Å². The zero-order valence-corrected chi connectivity index (χ0v) is 10.6. The van der Waals surface area contributed by atoms with Gasteiger partial charge in [0, 0.05) is 6.42 Å². The van der Waals surface area contributed by atoms with Crippen molar-refractivity contribution < 1.29 is 9.53 Å². The summed E-state index contributed by atoms with van der Waals surface area (Å²) in [5, 5.41) is 0. The summed E-state index contributed by atoms with van der Waals surface area (Å²) >= 11 is 0. The van der Waals surface area contributed by atoms with Crippen LogP contribution in [0.2, 0.25) is 0 Å². The van der Waals surface area contributed by atoms with Gasteiger partial charge in [-0.1, -0.05) is 42.5 Å². The van der Waals surface area contributed by atoms with Gasteiger partial charge < -0.3 is 9.53 Å². The number of allylic oxidation sites excluding steroid dienone is 7. The summed E-state index contributed by atoms with van der Waals surface area (Å²) in [6, 6.07) is 0. The first-order valence-corrected chi connectivity index (χ1v) is 6.68. The highest BCUT2D eigenvalue weighted by molar-refractivity contribution is 5.49. The van der Waals surface area contributed by atoms with Gasteiger partial charge in [-0.3, -0.25) is 0 Å². The van der Waals surface area contributed by atoms with Crippen LogP contribution in [0.4, 0.5) is 0 Å². The quantitative estimate of drug-likeness (QED) is 0.310. The second-order valence-electron chi connectivity index (χ2n) is 4.68. The standard InChI is InChI=1S/C16H20O2/c17-13-6-5-11-15-16(18-15)12-7-10-14-8-3-1-2-4-9-14/h1,3-4,7,9-10,12-13,15-16H,2,5-6,8,11H2. The predicted octanol–water partition coefficient (Wildman–Crippen LogP) is 3.51.